The zero-order chi connectivity index (χ0) is 20.2. The molecule has 0 N–H and O–H groups in total. The van der Waals surface area contributed by atoms with E-state index in [4.69, 9.17) is 14.5 Å². The van der Waals surface area contributed by atoms with E-state index in [0.717, 1.165) is 33.4 Å². The highest BCUT2D eigenvalue weighted by Gasteiger charge is 2.22. The van der Waals surface area contributed by atoms with Gasteiger partial charge < -0.3 is 14.4 Å². The lowest BCUT2D eigenvalue weighted by molar-refractivity contribution is -0.118. The number of halogens is 1. The molecule has 0 unspecified atom stereocenters. The summed E-state index contributed by atoms with van der Waals surface area (Å²) in [4.78, 5) is 22.8. The summed E-state index contributed by atoms with van der Waals surface area (Å²) in [5, 5.41) is 0.722. The van der Waals surface area contributed by atoms with Gasteiger partial charge in [-0.1, -0.05) is 29.5 Å². The highest BCUT2D eigenvalue weighted by Crippen LogP contribution is 2.39. The Morgan fingerprint density at radius 3 is 2.60 bits per heavy atom. The molecule has 30 heavy (non-hydrogen) atoms. The lowest BCUT2D eigenvalue weighted by Crippen LogP contribution is -2.36. The summed E-state index contributed by atoms with van der Waals surface area (Å²) in [5.41, 5.74) is 0.829. The summed E-state index contributed by atoms with van der Waals surface area (Å²) in [6.07, 6.45) is 0.464. The zero-order valence-corrected chi connectivity index (χ0v) is 19.3. The highest BCUT2D eigenvalue weighted by atomic mass is 35.5. The Bertz CT molecular complexity index is 957. The second kappa shape index (κ2) is 10.3. The van der Waals surface area contributed by atoms with E-state index in [9.17, 15) is 4.79 Å². The molecule has 6 nitrogen and oxygen atoms in total. The van der Waals surface area contributed by atoms with E-state index in [1.807, 2.05) is 49.3 Å². The van der Waals surface area contributed by atoms with Crippen LogP contribution in [0.5, 0.6) is 11.5 Å². The van der Waals surface area contributed by atoms with Crippen molar-refractivity contribution in [2.75, 3.05) is 44.6 Å². The summed E-state index contributed by atoms with van der Waals surface area (Å²) in [6, 6.07) is 14.0. The van der Waals surface area contributed by atoms with Crippen molar-refractivity contribution >= 4 is 56.8 Å². The van der Waals surface area contributed by atoms with Gasteiger partial charge in [0, 0.05) is 42.3 Å². The van der Waals surface area contributed by atoms with Crippen molar-refractivity contribution in [3.8, 4) is 11.5 Å². The molecule has 0 fully saturated rings. The fourth-order valence-corrected chi connectivity index (χ4v) is 4.84. The molecular weight excluding hydrogens is 442 g/mol. The van der Waals surface area contributed by atoms with Gasteiger partial charge in [-0.3, -0.25) is 9.69 Å². The number of ether oxygens (including phenoxy) is 2. The van der Waals surface area contributed by atoms with Gasteiger partial charge in [-0.25, -0.2) is 4.98 Å². The number of hydrogen-bond donors (Lipinski definition) is 0. The van der Waals surface area contributed by atoms with Crippen LogP contribution in [0, 0.1) is 0 Å². The number of fused-ring (bicyclic) bond motifs is 2. The minimum Gasteiger partial charge on any atom is -0.454 e. The van der Waals surface area contributed by atoms with Gasteiger partial charge in [-0.2, -0.15) is 0 Å². The number of nitrogens with zero attached hydrogens (tertiary/aromatic N) is 3. The van der Waals surface area contributed by atoms with E-state index in [-0.39, 0.29) is 25.1 Å². The SMILES string of the molecule is CN(C)CCN(C(=O)CCSc1ccccc1)c1nc2cc3c(cc2s1)OCO3.Cl. The van der Waals surface area contributed by atoms with Crippen LogP contribution in [0.25, 0.3) is 10.2 Å². The van der Waals surface area contributed by atoms with Crippen molar-refractivity contribution in [2.45, 2.75) is 11.3 Å². The lowest BCUT2D eigenvalue weighted by Gasteiger charge is -2.22. The first-order chi connectivity index (χ1) is 14.1. The van der Waals surface area contributed by atoms with Crippen LogP contribution in [-0.4, -0.2) is 55.5 Å². The number of anilines is 1. The largest absolute Gasteiger partial charge is 0.454 e. The zero-order valence-electron chi connectivity index (χ0n) is 16.9. The summed E-state index contributed by atoms with van der Waals surface area (Å²) < 4.78 is 11.9. The number of carbonyl (C=O) groups is 1. The van der Waals surface area contributed by atoms with Crippen molar-refractivity contribution < 1.29 is 14.3 Å². The number of rotatable bonds is 8. The maximum atomic E-state index is 13.0. The number of carbonyl (C=O) groups excluding carboxylic acids is 1. The van der Waals surface area contributed by atoms with Crippen LogP contribution in [0.4, 0.5) is 5.13 Å². The van der Waals surface area contributed by atoms with E-state index in [0.29, 0.717) is 18.7 Å². The number of thiazole rings is 1. The molecule has 2 heterocycles. The Hall–Kier alpha value is -2.00. The first-order valence-corrected chi connectivity index (χ1v) is 11.2. The van der Waals surface area contributed by atoms with E-state index in [1.54, 1.807) is 11.8 Å². The summed E-state index contributed by atoms with van der Waals surface area (Å²) >= 11 is 3.21. The van der Waals surface area contributed by atoms with Crippen molar-refractivity contribution in [1.82, 2.24) is 9.88 Å². The average Bonchev–Trinajstić information content (AvgIpc) is 3.32. The smallest absolute Gasteiger partial charge is 0.231 e. The summed E-state index contributed by atoms with van der Waals surface area (Å²) in [7, 11) is 4.01. The maximum absolute atomic E-state index is 13.0. The Labute approximate surface area is 190 Å². The Morgan fingerprint density at radius 1 is 1.13 bits per heavy atom. The molecule has 0 radical (unpaired) electrons. The predicted molar refractivity (Wildman–Crippen MR) is 126 cm³/mol. The number of benzene rings is 2. The predicted octanol–water partition coefficient (Wildman–Crippen LogP) is 4.52. The topological polar surface area (TPSA) is 54.9 Å². The van der Waals surface area contributed by atoms with Crippen LogP contribution in [0.15, 0.2) is 47.4 Å². The summed E-state index contributed by atoms with van der Waals surface area (Å²) in [5.74, 6) is 2.27. The second-order valence-electron chi connectivity index (χ2n) is 6.93. The second-order valence-corrected chi connectivity index (χ2v) is 9.11. The standard InChI is InChI=1S/C21H23N3O3S2.ClH/c1-23(2)9-10-24(20(25)8-11-28-15-6-4-3-5-7-15)21-22-16-12-17-18(27-14-26-17)13-19(16)29-21;/h3-7,12-13H,8-11,14H2,1-2H3;1H. The monoisotopic (exact) mass is 465 g/mol. The van der Waals surface area contributed by atoms with E-state index in [2.05, 4.69) is 17.0 Å². The lowest BCUT2D eigenvalue weighted by atomic mass is 10.3. The van der Waals surface area contributed by atoms with Gasteiger partial charge in [0.1, 0.15) is 0 Å². The number of aromatic nitrogens is 1. The average molecular weight is 466 g/mol. The third kappa shape index (κ3) is 5.37. The molecule has 3 aromatic rings. The van der Waals surface area contributed by atoms with Gasteiger partial charge in [0.15, 0.2) is 16.6 Å². The van der Waals surface area contributed by atoms with E-state index < -0.39 is 0 Å². The molecule has 0 atom stereocenters. The van der Waals surface area contributed by atoms with Gasteiger partial charge in [0.2, 0.25) is 12.7 Å². The van der Waals surface area contributed by atoms with Crippen molar-refractivity contribution in [3.05, 3.63) is 42.5 Å². The molecule has 0 saturated heterocycles. The van der Waals surface area contributed by atoms with Gasteiger partial charge in [0.05, 0.1) is 10.2 Å². The number of amides is 1. The molecule has 0 spiro atoms. The molecule has 1 aromatic heterocycles. The molecular formula is C21H24ClN3O3S2. The minimum absolute atomic E-state index is 0. The van der Waals surface area contributed by atoms with Gasteiger partial charge in [-0.15, -0.1) is 24.2 Å². The fraction of sp³-hybridized carbons (Fsp3) is 0.333. The highest BCUT2D eigenvalue weighted by molar-refractivity contribution is 7.99. The summed E-state index contributed by atoms with van der Waals surface area (Å²) in [6.45, 7) is 1.62. The van der Waals surface area contributed by atoms with E-state index in [1.165, 1.54) is 16.2 Å². The normalized spacial score (nSPS) is 12.2. The van der Waals surface area contributed by atoms with Gasteiger partial charge in [0.25, 0.3) is 0 Å². The Morgan fingerprint density at radius 2 is 1.87 bits per heavy atom. The number of hydrogen-bond acceptors (Lipinski definition) is 7. The molecule has 1 amide bonds. The molecule has 0 saturated carbocycles. The van der Waals surface area contributed by atoms with Gasteiger partial charge in [-0.05, 0) is 26.2 Å². The first-order valence-electron chi connectivity index (χ1n) is 9.43. The van der Waals surface area contributed by atoms with Crippen LogP contribution < -0.4 is 14.4 Å². The Kier molecular flexibility index (Phi) is 7.82. The van der Waals surface area contributed by atoms with Crippen LogP contribution >= 0.6 is 35.5 Å². The van der Waals surface area contributed by atoms with Crippen LogP contribution in [0.2, 0.25) is 0 Å². The van der Waals surface area contributed by atoms with Gasteiger partial charge >= 0.3 is 0 Å². The quantitative estimate of drug-likeness (QED) is 0.456. The number of thioether (sulfide) groups is 1. The number of likely N-dealkylation sites (N-methyl/N-ethyl adjacent to an activating group) is 1. The first kappa shape index (κ1) is 22.7. The third-order valence-corrected chi connectivity index (χ3v) is 6.56. The van der Waals surface area contributed by atoms with E-state index >= 15 is 0 Å². The van der Waals surface area contributed by atoms with Crippen LogP contribution in [0.3, 0.4) is 0 Å². The van der Waals surface area contributed by atoms with Crippen LogP contribution in [-0.2, 0) is 4.79 Å². The van der Waals surface area contributed by atoms with Crippen molar-refractivity contribution in [2.24, 2.45) is 0 Å². The van der Waals surface area contributed by atoms with Crippen molar-refractivity contribution in [3.63, 3.8) is 0 Å². The molecule has 1 aliphatic rings. The molecule has 0 aliphatic carbocycles. The molecule has 0 bridgehead atoms. The third-order valence-electron chi connectivity index (χ3n) is 4.50. The molecule has 4 rings (SSSR count). The fourth-order valence-electron chi connectivity index (χ4n) is 2.96. The maximum Gasteiger partial charge on any atom is 0.231 e. The van der Waals surface area contributed by atoms with Crippen molar-refractivity contribution in [1.29, 1.82) is 0 Å². The molecule has 1 aliphatic heterocycles. The minimum atomic E-state index is 0. The molecule has 9 heteroatoms. The molecule has 2 aromatic carbocycles. The molecule has 160 valence electrons. The van der Waals surface area contributed by atoms with Crippen LogP contribution in [0.1, 0.15) is 6.42 Å². The Balaban J connectivity index is 0.00000256.